The van der Waals surface area contributed by atoms with Gasteiger partial charge in [0.05, 0.1) is 10.9 Å². The van der Waals surface area contributed by atoms with Gasteiger partial charge in [0.25, 0.3) is 11.5 Å². The van der Waals surface area contributed by atoms with E-state index in [4.69, 9.17) is 0 Å². The van der Waals surface area contributed by atoms with Crippen LogP contribution in [0.4, 0.5) is 0 Å². The maximum Gasteiger partial charge on any atom is 0.329 e. The largest absolute Gasteiger partial charge is 0.361 e. The lowest BCUT2D eigenvalue weighted by Crippen LogP contribution is -2.31. The summed E-state index contributed by atoms with van der Waals surface area (Å²) in [6.07, 6.45) is 4.74. The van der Waals surface area contributed by atoms with Crippen LogP contribution in [0.5, 0.6) is 0 Å². The highest BCUT2D eigenvalue weighted by atomic mass is 16.2. The Morgan fingerprint density at radius 2 is 2.03 bits per heavy atom. The van der Waals surface area contributed by atoms with Gasteiger partial charge >= 0.3 is 5.69 Å². The Morgan fingerprint density at radius 1 is 1.21 bits per heavy atom. The number of pyridine rings is 1. The third kappa shape index (κ3) is 3.56. The minimum atomic E-state index is -0.543. The zero-order valence-electron chi connectivity index (χ0n) is 16.0. The first-order chi connectivity index (χ1) is 14.1. The molecule has 0 aliphatic rings. The van der Waals surface area contributed by atoms with Crippen molar-refractivity contribution < 1.29 is 4.79 Å². The van der Waals surface area contributed by atoms with Gasteiger partial charge in [0.2, 0.25) is 0 Å². The molecule has 8 heteroatoms. The van der Waals surface area contributed by atoms with Gasteiger partial charge in [-0.15, -0.1) is 0 Å². The van der Waals surface area contributed by atoms with E-state index < -0.39 is 11.2 Å². The van der Waals surface area contributed by atoms with Crippen LogP contribution in [0.1, 0.15) is 29.3 Å². The molecule has 3 N–H and O–H groups in total. The van der Waals surface area contributed by atoms with Crippen molar-refractivity contribution >= 4 is 27.8 Å². The van der Waals surface area contributed by atoms with Crippen molar-refractivity contribution in [2.45, 2.75) is 26.3 Å². The second-order valence-corrected chi connectivity index (χ2v) is 6.87. The van der Waals surface area contributed by atoms with Crippen LogP contribution >= 0.6 is 0 Å². The zero-order chi connectivity index (χ0) is 20.4. The molecule has 29 heavy (non-hydrogen) atoms. The molecule has 0 fully saturated rings. The second-order valence-electron chi connectivity index (χ2n) is 6.87. The van der Waals surface area contributed by atoms with Gasteiger partial charge in [-0.2, -0.15) is 0 Å². The Bertz CT molecular complexity index is 1320. The maximum absolute atomic E-state index is 12.5. The predicted octanol–water partition coefficient (Wildman–Crippen LogP) is 1.95. The van der Waals surface area contributed by atoms with Crippen LogP contribution in [0.25, 0.3) is 21.9 Å². The molecule has 0 radical (unpaired) electrons. The zero-order valence-corrected chi connectivity index (χ0v) is 16.0. The third-order valence-corrected chi connectivity index (χ3v) is 4.90. The molecule has 4 rings (SSSR count). The van der Waals surface area contributed by atoms with Gasteiger partial charge < -0.3 is 10.3 Å². The van der Waals surface area contributed by atoms with Gasteiger partial charge in [0.15, 0.2) is 0 Å². The Balaban J connectivity index is 1.52. The minimum Gasteiger partial charge on any atom is -0.361 e. The van der Waals surface area contributed by atoms with Crippen molar-refractivity contribution in [1.82, 2.24) is 24.8 Å². The number of nitrogens with one attached hydrogen (secondary N) is 3. The van der Waals surface area contributed by atoms with Gasteiger partial charge in [-0.3, -0.25) is 19.1 Å². The van der Waals surface area contributed by atoms with Crippen molar-refractivity contribution in [3.63, 3.8) is 0 Å². The Morgan fingerprint density at radius 3 is 2.86 bits per heavy atom. The van der Waals surface area contributed by atoms with Crippen LogP contribution in [-0.4, -0.2) is 32.0 Å². The first-order valence-electron chi connectivity index (χ1n) is 9.54. The van der Waals surface area contributed by atoms with Crippen LogP contribution in [-0.2, 0) is 13.0 Å². The van der Waals surface area contributed by atoms with Crippen molar-refractivity contribution in [2.75, 3.05) is 6.54 Å². The molecule has 1 aromatic carbocycles. The number of aromatic amines is 2. The number of hydrogen-bond acceptors (Lipinski definition) is 4. The number of rotatable bonds is 6. The fourth-order valence-electron chi connectivity index (χ4n) is 3.47. The van der Waals surface area contributed by atoms with E-state index in [9.17, 15) is 14.4 Å². The topological polar surface area (TPSA) is 113 Å². The number of aryl methyl sites for hydroxylation is 1. The molecule has 0 spiro atoms. The van der Waals surface area contributed by atoms with Crippen molar-refractivity contribution in [3.05, 3.63) is 74.7 Å². The summed E-state index contributed by atoms with van der Waals surface area (Å²) in [6.45, 7) is 2.82. The molecule has 148 valence electrons. The molecule has 3 aromatic heterocycles. The van der Waals surface area contributed by atoms with Crippen molar-refractivity contribution in [2.24, 2.45) is 0 Å². The van der Waals surface area contributed by atoms with Gasteiger partial charge in [0.1, 0.15) is 5.65 Å². The maximum atomic E-state index is 12.5. The molecule has 0 unspecified atom stereocenters. The normalized spacial score (nSPS) is 11.2. The Labute approximate surface area is 165 Å². The summed E-state index contributed by atoms with van der Waals surface area (Å²) in [5.74, 6) is -0.313. The number of amides is 1. The van der Waals surface area contributed by atoms with Gasteiger partial charge in [0, 0.05) is 36.4 Å². The van der Waals surface area contributed by atoms with E-state index in [0.29, 0.717) is 19.5 Å². The number of aromatic nitrogens is 4. The number of nitrogens with zero attached hydrogens (tertiary/aromatic N) is 2. The highest BCUT2D eigenvalue weighted by Gasteiger charge is 2.13. The number of benzene rings is 1. The highest BCUT2D eigenvalue weighted by molar-refractivity contribution is 5.96. The summed E-state index contributed by atoms with van der Waals surface area (Å²) in [5, 5.41) is 4.22. The molecule has 0 aliphatic carbocycles. The third-order valence-electron chi connectivity index (χ3n) is 4.90. The fraction of sp³-hybridized carbons (Fsp3) is 0.238. The molecular weight excluding hydrogens is 370 g/mol. The van der Waals surface area contributed by atoms with E-state index in [1.807, 2.05) is 37.4 Å². The molecule has 1 amide bonds. The van der Waals surface area contributed by atoms with Gasteiger partial charge in [-0.1, -0.05) is 25.1 Å². The Hall–Kier alpha value is -3.68. The molecule has 8 nitrogen and oxygen atoms in total. The van der Waals surface area contributed by atoms with Gasteiger partial charge in [-0.25, -0.2) is 9.78 Å². The lowest BCUT2D eigenvalue weighted by Gasteiger charge is -2.09. The minimum absolute atomic E-state index is 0.224. The molecule has 0 atom stereocenters. The molecule has 0 bridgehead atoms. The number of carbonyl (C=O) groups excluding carboxylic acids is 1. The second kappa shape index (κ2) is 7.75. The SMILES string of the molecule is CCCn1c(=O)[nH]c(=O)c2cc(C(=O)NCCc3c[nH]c4ccccc34)cnc21. The molecule has 3 heterocycles. The van der Waals surface area contributed by atoms with E-state index in [0.717, 1.165) is 22.9 Å². The van der Waals surface area contributed by atoms with E-state index in [1.165, 1.54) is 16.8 Å². The first-order valence-corrected chi connectivity index (χ1v) is 9.54. The van der Waals surface area contributed by atoms with Crippen LogP contribution in [0.2, 0.25) is 0 Å². The molecule has 0 saturated heterocycles. The van der Waals surface area contributed by atoms with E-state index in [1.54, 1.807) is 0 Å². The lowest BCUT2D eigenvalue weighted by molar-refractivity contribution is 0.0954. The quantitative estimate of drug-likeness (QED) is 0.466. The van der Waals surface area contributed by atoms with E-state index in [2.05, 4.69) is 20.3 Å². The van der Waals surface area contributed by atoms with Crippen LogP contribution < -0.4 is 16.6 Å². The number of H-pyrrole nitrogens is 2. The van der Waals surface area contributed by atoms with Crippen molar-refractivity contribution in [1.29, 1.82) is 0 Å². The molecule has 4 aromatic rings. The van der Waals surface area contributed by atoms with E-state index >= 15 is 0 Å². The van der Waals surface area contributed by atoms with Gasteiger partial charge in [-0.05, 0) is 30.5 Å². The standard InChI is InChI=1S/C21H21N5O3/c1-2-9-26-18-16(20(28)25-21(26)29)10-14(12-24-18)19(27)22-8-7-13-11-23-17-6-4-3-5-15(13)17/h3-6,10-12,23H,2,7-9H2,1H3,(H,22,27)(H,25,28,29). The van der Waals surface area contributed by atoms with Crippen LogP contribution in [0.3, 0.4) is 0 Å². The van der Waals surface area contributed by atoms with Crippen molar-refractivity contribution in [3.8, 4) is 0 Å². The number of para-hydroxylation sites is 1. The summed E-state index contributed by atoms with van der Waals surface area (Å²) >= 11 is 0. The number of carbonyl (C=O) groups is 1. The summed E-state index contributed by atoms with van der Waals surface area (Å²) < 4.78 is 1.41. The number of hydrogen-bond donors (Lipinski definition) is 3. The van der Waals surface area contributed by atoms with Crippen LogP contribution in [0, 0.1) is 0 Å². The average Bonchev–Trinajstić information content (AvgIpc) is 3.14. The summed E-state index contributed by atoms with van der Waals surface area (Å²) in [7, 11) is 0. The fourth-order valence-corrected chi connectivity index (χ4v) is 3.47. The van der Waals surface area contributed by atoms with Crippen LogP contribution in [0.15, 0.2) is 52.3 Å². The smallest absolute Gasteiger partial charge is 0.329 e. The molecule has 0 aliphatic heterocycles. The highest BCUT2D eigenvalue weighted by Crippen LogP contribution is 2.17. The average molecular weight is 391 g/mol. The summed E-state index contributed by atoms with van der Waals surface area (Å²) in [6, 6.07) is 9.48. The Kier molecular flexibility index (Phi) is 4.99. The number of fused-ring (bicyclic) bond motifs is 2. The monoisotopic (exact) mass is 391 g/mol. The molecular formula is C21H21N5O3. The van der Waals surface area contributed by atoms with E-state index in [-0.39, 0.29) is 22.5 Å². The summed E-state index contributed by atoms with van der Waals surface area (Å²) in [5.41, 5.74) is 1.72. The molecule has 0 saturated carbocycles. The summed E-state index contributed by atoms with van der Waals surface area (Å²) in [4.78, 5) is 46.4. The predicted molar refractivity (Wildman–Crippen MR) is 111 cm³/mol. The lowest BCUT2D eigenvalue weighted by atomic mass is 10.1. The first kappa shape index (κ1) is 18.7.